The minimum Gasteiger partial charge on any atom is -0.318 e. The number of nitro benzene ring substituents is 1. The third-order valence-corrected chi connectivity index (χ3v) is 7.84. The Hall–Kier alpha value is -4.54. The SMILES string of the molecule is Cc1ccc(N2C(=O)/C(=C/c3cc(C)n(-c4ccc(Sc5ccc([N+](=O)[O-])cc5)cc4)c3C)C(=O)NC2=S)cc1. The van der Waals surface area contributed by atoms with E-state index in [2.05, 4.69) is 9.88 Å². The van der Waals surface area contributed by atoms with Crippen LogP contribution in [0.15, 0.2) is 94.2 Å². The van der Waals surface area contributed by atoms with Crippen LogP contribution in [0.25, 0.3) is 11.8 Å². The van der Waals surface area contributed by atoms with Crippen molar-refractivity contribution < 1.29 is 14.5 Å². The fraction of sp³-hybridized carbons (Fsp3) is 0.100. The van der Waals surface area contributed by atoms with Gasteiger partial charge in [-0.2, -0.15) is 0 Å². The summed E-state index contributed by atoms with van der Waals surface area (Å²) in [4.78, 5) is 39.9. The molecule has 1 fully saturated rings. The van der Waals surface area contributed by atoms with E-state index in [0.29, 0.717) is 5.69 Å². The molecule has 0 spiro atoms. The summed E-state index contributed by atoms with van der Waals surface area (Å²) in [6, 6.07) is 23.7. The number of aromatic nitrogens is 1. The Morgan fingerprint density at radius 3 is 2.05 bits per heavy atom. The normalized spacial score (nSPS) is 14.5. The number of benzene rings is 3. The van der Waals surface area contributed by atoms with E-state index in [1.165, 1.54) is 28.8 Å². The molecule has 1 aliphatic heterocycles. The highest BCUT2D eigenvalue weighted by Crippen LogP contribution is 2.31. The van der Waals surface area contributed by atoms with Crippen molar-refractivity contribution in [3.63, 3.8) is 0 Å². The average molecular weight is 569 g/mol. The molecule has 1 N–H and O–H groups in total. The van der Waals surface area contributed by atoms with Gasteiger partial charge in [-0.05, 0) is 99.2 Å². The van der Waals surface area contributed by atoms with E-state index in [9.17, 15) is 19.7 Å². The zero-order valence-corrected chi connectivity index (χ0v) is 23.5. The smallest absolute Gasteiger partial charge is 0.270 e. The molecule has 2 amide bonds. The van der Waals surface area contributed by atoms with Gasteiger partial charge in [0.05, 0.1) is 10.6 Å². The number of thiocarbonyl (C=S) groups is 1. The third-order valence-electron chi connectivity index (χ3n) is 6.54. The first-order valence-corrected chi connectivity index (χ1v) is 13.5. The lowest BCUT2D eigenvalue weighted by Gasteiger charge is -2.29. The van der Waals surface area contributed by atoms with E-state index in [0.717, 1.165) is 38.0 Å². The Kier molecular flexibility index (Phi) is 7.38. The Labute approximate surface area is 240 Å². The molecule has 1 aliphatic rings. The number of nitro groups is 1. The van der Waals surface area contributed by atoms with Gasteiger partial charge in [0.25, 0.3) is 17.5 Å². The van der Waals surface area contributed by atoms with Gasteiger partial charge in [0, 0.05) is 39.0 Å². The van der Waals surface area contributed by atoms with Crippen LogP contribution < -0.4 is 10.2 Å². The summed E-state index contributed by atoms with van der Waals surface area (Å²) in [5, 5.41) is 13.6. The molecule has 8 nitrogen and oxygen atoms in total. The van der Waals surface area contributed by atoms with Gasteiger partial charge in [-0.25, -0.2) is 0 Å². The number of hydrogen-bond donors (Lipinski definition) is 1. The first-order chi connectivity index (χ1) is 19.1. The van der Waals surface area contributed by atoms with Gasteiger partial charge in [-0.3, -0.25) is 29.9 Å². The lowest BCUT2D eigenvalue weighted by Crippen LogP contribution is -2.54. The first-order valence-electron chi connectivity index (χ1n) is 12.3. The van der Waals surface area contributed by atoms with E-state index in [4.69, 9.17) is 12.2 Å². The Morgan fingerprint density at radius 2 is 1.45 bits per heavy atom. The number of nitrogens with one attached hydrogen (secondary N) is 1. The first kappa shape index (κ1) is 27.0. The predicted molar refractivity (Wildman–Crippen MR) is 160 cm³/mol. The average Bonchev–Trinajstić information content (AvgIpc) is 3.20. The summed E-state index contributed by atoms with van der Waals surface area (Å²) in [5.41, 5.74) is 5.18. The summed E-state index contributed by atoms with van der Waals surface area (Å²) in [7, 11) is 0. The van der Waals surface area contributed by atoms with E-state index >= 15 is 0 Å². The monoisotopic (exact) mass is 568 g/mol. The number of rotatable bonds is 6. The number of amides is 2. The van der Waals surface area contributed by atoms with Crippen LogP contribution in [0.5, 0.6) is 0 Å². The number of aryl methyl sites for hydroxylation is 2. The topological polar surface area (TPSA) is 97.5 Å². The summed E-state index contributed by atoms with van der Waals surface area (Å²) in [6.07, 6.45) is 1.61. The molecule has 4 aromatic rings. The van der Waals surface area contributed by atoms with Gasteiger partial charge in [-0.1, -0.05) is 29.5 Å². The van der Waals surface area contributed by atoms with Crippen molar-refractivity contribution in [3.8, 4) is 5.69 Å². The van der Waals surface area contributed by atoms with Crippen molar-refractivity contribution in [2.45, 2.75) is 30.6 Å². The highest BCUT2D eigenvalue weighted by Gasteiger charge is 2.34. The maximum absolute atomic E-state index is 13.4. The predicted octanol–water partition coefficient (Wildman–Crippen LogP) is 6.29. The molecular weight excluding hydrogens is 544 g/mol. The Morgan fingerprint density at radius 1 is 0.875 bits per heavy atom. The molecule has 1 saturated heterocycles. The molecule has 0 atom stereocenters. The highest BCUT2D eigenvalue weighted by atomic mass is 32.2. The van der Waals surface area contributed by atoms with Crippen LogP contribution in [0, 0.1) is 30.9 Å². The standard InChI is InChI=1S/C30H24N4O4S2/c1-18-4-6-23(7-5-18)33-29(36)27(28(35)31-30(33)39)17-21-16-19(2)32(20(21)3)22-8-12-25(13-9-22)40-26-14-10-24(11-15-26)34(37)38/h4-17H,1-3H3,(H,31,35,39)/b27-17+. The van der Waals surface area contributed by atoms with Crippen LogP contribution >= 0.6 is 24.0 Å². The van der Waals surface area contributed by atoms with Crippen LogP contribution in [0.4, 0.5) is 11.4 Å². The second kappa shape index (κ2) is 10.9. The van der Waals surface area contributed by atoms with E-state index < -0.39 is 16.7 Å². The molecule has 0 bridgehead atoms. The van der Waals surface area contributed by atoms with E-state index in [1.807, 2.05) is 63.2 Å². The van der Waals surface area contributed by atoms with Crippen LogP contribution in [0.3, 0.4) is 0 Å². The van der Waals surface area contributed by atoms with Gasteiger partial charge >= 0.3 is 0 Å². The summed E-state index contributed by atoms with van der Waals surface area (Å²) >= 11 is 6.82. The van der Waals surface area contributed by atoms with E-state index in [-0.39, 0.29) is 16.4 Å². The van der Waals surface area contributed by atoms with Crippen LogP contribution in [-0.2, 0) is 9.59 Å². The summed E-state index contributed by atoms with van der Waals surface area (Å²) in [6.45, 7) is 5.85. The molecule has 0 aliphatic carbocycles. The summed E-state index contributed by atoms with van der Waals surface area (Å²) < 4.78 is 2.06. The molecule has 0 unspecified atom stereocenters. The van der Waals surface area contributed by atoms with Crippen molar-refractivity contribution in [1.82, 2.24) is 9.88 Å². The van der Waals surface area contributed by atoms with Gasteiger partial charge in [0.1, 0.15) is 5.57 Å². The number of anilines is 1. The van der Waals surface area contributed by atoms with Crippen molar-refractivity contribution in [2.75, 3.05) is 4.90 Å². The van der Waals surface area contributed by atoms with Crippen molar-refractivity contribution in [1.29, 1.82) is 0 Å². The molecule has 10 heteroatoms. The quantitative estimate of drug-likeness (QED) is 0.0965. The molecular formula is C30H24N4O4S2. The van der Waals surface area contributed by atoms with Crippen molar-refractivity contribution in [2.24, 2.45) is 0 Å². The number of carbonyl (C=O) groups is 2. The number of non-ortho nitro benzene ring substituents is 1. The third kappa shape index (κ3) is 5.31. The fourth-order valence-corrected chi connectivity index (χ4v) is 5.61. The zero-order chi connectivity index (χ0) is 28.6. The van der Waals surface area contributed by atoms with Gasteiger partial charge in [-0.15, -0.1) is 0 Å². The Bertz CT molecular complexity index is 1690. The maximum Gasteiger partial charge on any atom is 0.270 e. The molecule has 0 saturated carbocycles. The van der Waals surface area contributed by atoms with Gasteiger partial charge in [0.2, 0.25) is 0 Å². The lowest BCUT2D eigenvalue weighted by atomic mass is 10.1. The molecule has 0 radical (unpaired) electrons. The lowest BCUT2D eigenvalue weighted by molar-refractivity contribution is -0.384. The largest absolute Gasteiger partial charge is 0.318 e. The van der Waals surface area contributed by atoms with Crippen molar-refractivity contribution >= 4 is 58.4 Å². The molecule has 3 aromatic carbocycles. The molecule has 5 rings (SSSR count). The summed E-state index contributed by atoms with van der Waals surface area (Å²) in [5.74, 6) is -1.01. The van der Waals surface area contributed by atoms with Crippen LogP contribution in [0.2, 0.25) is 0 Å². The molecule has 2 heterocycles. The number of nitrogens with zero attached hydrogens (tertiary/aromatic N) is 3. The number of carbonyl (C=O) groups excluding carboxylic acids is 2. The fourth-order valence-electron chi connectivity index (χ4n) is 4.51. The van der Waals surface area contributed by atoms with Crippen LogP contribution in [-0.4, -0.2) is 26.4 Å². The minimum absolute atomic E-state index is 0.00395. The number of hydrogen-bond acceptors (Lipinski definition) is 6. The van der Waals surface area contributed by atoms with Crippen molar-refractivity contribution in [3.05, 3.63) is 117 Å². The Balaban J connectivity index is 1.41. The second-order valence-electron chi connectivity index (χ2n) is 9.30. The molecule has 200 valence electrons. The van der Waals surface area contributed by atoms with Gasteiger partial charge in [0.15, 0.2) is 5.11 Å². The van der Waals surface area contributed by atoms with Crippen LogP contribution in [0.1, 0.15) is 22.5 Å². The molecule has 40 heavy (non-hydrogen) atoms. The zero-order valence-electron chi connectivity index (χ0n) is 21.9. The maximum atomic E-state index is 13.4. The molecule has 1 aromatic heterocycles. The minimum atomic E-state index is -0.532. The van der Waals surface area contributed by atoms with Gasteiger partial charge < -0.3 is 4.57 Å². The second-order valence-corrected chi connectivity index (χ2v) is 10.8. The van der Waals surface area contributed by atoms with E-state index in [1.54, 1.807) is 30.3 Å². The highest BCUT2D eigenvalue weighted by molar-refractivity contribution is 7.99.